The van der Waals surface area contributed by atoms with Crippen LogP contribution in [0.1, 0.15) is 58.4 Å². The fourth-order valence-electron chi connectivity index (χ4n) is 5.30. The van der Waals surface area contributed by atoms with Crippen molar-refractivity contribution in [3.8, 4) is 5.75 Å². The van der Waals surface area contributed by atoms with E-state index in [1.807, 2.05) is 53.4 Å². The average Bonchev–Trinajstić information content (AvgIpc) is 2.90. The lowest BCUT2D eigenvalue weighted by molar-refractivity contribution is -0.0156. The maximum absolute atomic E-state index is 13.4. The van der Waals surface area contributed by atoms with Crippen LogP contribution in [0.5, 0.6) is 5.75 Å². The van der Waals surface area contributed by atoms with Crippen LogP contribution in [0.4, 0.5) is 0 Å². The van der Waals surface area contributed by atoms with Crippen molar-refractivity contribution in [1.29, 1.82) is 0 Å². The van der Waals surface area contributed by atoms with Gasteiger partial charge in [-0.25, -0.2) is 0 Å². The van der Waals surface area contributed by atoms with Crippen LogP contribution in [0.25, 0.3) is 0 Å². The Morgan fingerprint density at radius 1 is 1.03 bits per heavy atom. The number of hydrogen-bond acceptors (Lipinski definition) is 5. The molecule has 2 aliphatic rings. The molecule has 1 fully saturated rings. The SMILES string of the molecule is CO[C@H]1CCCN2C(=O)c3cccc(c3)OCCN(Cc3ccc(C(=O)N(C)C)cc3)CCCC[C@@H]12. The van der Waals surface area contributed by atoms with Crippen LogP contribution in [0, 0.1) is 0 Å². The molecule has 0 spiro atoms. The molecule has 2 atom stereocenters. The monoisotopic (exact) mass is 493 g/mol. The van der Waals surface area contributed by atoms with Crippen molar-refractivity contribution in [3.63, 3.8) is 0 Å². The molecular formula is C29H39N3O4. The standard InChI is InChI=1S/C29H39N3O4/c1-30(2)28(33)23-14-12-22(13-15-23)21-31-16-5-4-10-26-27(35-3)11-7-17-32(26)29(34)24-8-6-9-25(20-24)36-19-18-31/h6,8-9,12-15,20,26-27H,4-5,7,10-11,16-19,21H2,1-3H3/t26-,27-/m0/s1. The van der Waals surface area contributed by atoms with Crippen LogP contribution < -0.4 is 4.74 Å². The fourth-order valence-corrected chi connectivity index (χ4v) is 5.30. The summed E-state index contributed by atoms with van der Waals surface area (Å²) in [5.41, 5.74) is 2.56. The molecule has 36 heavy (non-hydrogen) atoms. The van der Waals surface area contributed by atoms with Gasteiger partial charge in [-0.15, -0.1) is 0 Å². The van der Waals surface area contributed by atoms with Crippen molar-refractivity contribution in [3.05, 3.63) is 65.2 Å². The average molecular weight is 494 g/mol. The summed E-state index contributed by atoms with van der Waals surface area (Å²) in [7, 11) is 5.30. The molecule has 2 aliphatic heterocycles. The van der Waals surface area contributed by atoms with Crippen LogP contribution in [0.3, 0.4) is 0 Å². The highest BCUT2D eigenvalue weighted by atomic mass is 16.5. The van der Waals surface area contributed by atoms with Gasteiger partial charge >= 0.3 is 0 Å². The summed E-state index contributed by atoms with van der Waals surface area (Å²) in [4.78, 5) is 31.7. The minimum absolute atomic E-state index is 0.0140. The van der Waals surface area contributed by atoms with E-state index in [2.05, 4.69) is 4.90 Å². The van der Waals surface area contributed by atoms with E-state index in [-0.39, 0.29) is 24.0 Å². The Labute approximate surface area is 215 Å². The van der Waals surface area contributed by atoms with Crippen molar-refractivity contribution in [1.82, 2.24) is 14.7 Å². The Kier molecular flexibility index (Phi) is 8.99. The first kappa shape index (κ1) is 26.2. The minimum Gasteiger partial charge on any atom is -0.492 e. The highest BCUT2D eigenvalue weighted by Crippen LogP contribution is 2.27. The molecule has 4 rings (SSSR count). The summed E-state index contributed by atoms with van der Waals surface area (Å²) >= 11 is 0. The lowest BCUT2D eigenvalue weighted by Crippen LogP contribution is -2.51. The molecule has 7 nitrogen and oxygen atoms in total. The summed E-state index contributed by atoms with van der Waals surface area (Å²) in [5.74, 6) is 0.809. The lowest BCUT2D eigenvalue weighted by atomic mass is 9.93. The number of amides is 2. The van der Waals surface area contributed by atoms with E-state index >= 15 is 0 Å². The number of hydrogen-bond donors (Lipinski definition) is 0. The van der Waals surface area contributed by atoms with E-state index in [4.69, 9.17) is 9.47 Å². The molecule has 0 saturated carbocycles. The molecule has 7 heteroatoms. The number of carbonyl (C=O) groups excluding carboxylic acids is 2. The Morgan fingerprint density at radius 3 is 2.58 bits per heavy atom. The van der Waals surface area contributed by atoms with E-state index in [1.54, 1.807) is 26.1 Å². The predicted octanol–water partition coefficient (Wildman–Crippen LogP) is 4.07. The third-order valence-corrected chi connectivity index (χ3v) is 7.28. The van der Waals surface area contributed by atoms with Crippen LogP contribution in [-0.2, 0) is 11.3 Å². The molecule has 0 N–H and O–H groups in total. The van der Waals surface area contributed by atoms with Gasteiger partial charge in [0.2, 0.25) is 0 Å². The van der Waals surface area contributed by atoms with Crippen LogP contribution in [0.15, 0.2) is 48.5 Å². The number of ether oxygens (including phenoxy) is 2. The molecule has 0 aliphatic carbocycles. The van der Waals surface area contributed by atoms with Gasteiger partial charge in [0.25, 0.3) is 11.8 Å². The smallest absolute Gasteiger partial charge is 0.254 e. The van der Waals surface area contributed by atoms with E-state index < -0.39 is 0 Å². The van der Waals surface area contributed by atoms with Gasteiger partial charge in [0, 0.05) is 52.0 Å². The first-order valence-corrected chi connectivity index (χ1v) is 13.1. The van der Waals surface area contributed by atoms with Gasteiger partial charge in [-0.05, 0) is 68.1 Å². The highest BCUT2D eigenvalue weighted by Gasteiger charge is 2.34. The second-order valence-electron chi connectivity index (χ2n) is 10.0. The predicted molar refractivity (Wildman–Crippen MR) is 140 cm³/mol. The van der Waals surface area contributed by atoms with Crippen molar-refractivity contribution < 1.29 is 19.1 Å². The molecule has 2 bridgehead atoms. The molecule has 1 saturated heterocycles. The third kappa shape index (κ3) is 6.45. The molecular weight excluding hydrogens is 454 g/mol. The van der Waals surface area contributed by atoms with Gasteiger partial charge in [0.05, 0.1) is 12.1 Å². The second kappa shape index (κ2) is 12.4. The first-order chi connectivity index (χ1) is 17.5. The molecule has 2 heterocycles. The quantitative estimate of drug-likeness (QED) is 0.643. The Hall–Kier alpha value is -2.90. The zero-order valence-corrected chi connectivity index (χ0v) is 21.8. The highest BCUT2D eigenvalue weighted by molar-refractivity contribution is 5.95. The minimum atomic E-state index is 0.0140. The van der Waals surface area contributed by atoms with Gasteiger partial charge in [-0.2, -0.15) is 0 Å². The molecule has 0 aromatic heterocycles. The van der Waals surface area contributed by atoms with Crippen molar-refractivity contribution in [2.75, 3.05) is 47.4 Å². The Bertz CT molecular complexity index is 1020. The molecule has 2 aromatic rings. The summed E-state index contributed by atoms with van der Waals surface area (Å²) in [6, 6.07) is 15.6. The van der Waals surface area contributed by atoms with Gasteiger partial charge < -0.3 is 19.3 Å². The van der Waals surface area contributed by atoms with Crippen LogP contribution in [0.2, 0.25) is 0 Å². The van der Waals surface area contributed by atoms with Gasteiger partial charge in [-0.3, -0.25) is 14.5 Å². The van der Waals surface area contributed by atoms with Crippen molar-refractivity contribution >= 4 is 11.8 Å². The Balaban J connectivity index is 1.49. The maximum atomic E-state index is 13.4. The Morgan fingerprint density at radius 2 is 1.83 bits per heavy atom. The van der Waals surface area contributed by atoms with E-state index in [0.29, 0.717) is 17.7 Å². The van der Waals surface area contributed by atoms with Crippen LogP contribution in [-0.4, -0.2) is 86.1 Å². The number of piperidine rings is 1. The topological polar surface area (TPSA) is 62.3 Å². The number of methoxy groups -OCH3 is 1. The van der Waals surface area contributed by atoms with E-state index in [0.717, 1.165) is 64.0 Å². The van der Waals surface area contributed by atoms with Crippen molar-refractivity contribution in [2.45, 2.75) is 50.8 Å². The van der Waals surface area contributed by atoms with Gasteiger partial charge in [0.15, 0.2) is 0 Å². The first-order valence-electron chi connectivity index (χ1n) is 13.1. The number of benzene rings is 2. The molecule has 0 unspecified atom stereocenters. The van der Waals surface area contributed by atoms with Gasteiger partial charge in [0.1, 0.15) is 12.4 Å². The molecule has 2 amide bonds. The number of fused-ring (bicyclic) bond motifs is 3. The van der Waals surface area contributed by atoms with E-state index in [1.165, 1.54) is 5.56 Å². The zero-order valence-electron chi connectivity index (χ0n) is 21.8. The molecule has 2 aromatic carbocycles. The number of carbonyl (C=O) groups is 2. The fraction of sp³-hybridized carbons (Fsp3) is 0.517. The van der Waals surface area contributed by atoms with Crippen molar-refractivity contribution in [2.24, 2.45) is 0 Å². The lowest BCUT2D eigenvalue weighted by Gasteiger charge is -2.41. The number of nitrogens with zero attached hydrogens (tertiary/aromatic N) is 3. The maximum Gasteiger partial charge on any atom is 0.254 e. The molecule has 0 radical (unpaired) electrons. The largest absolute Gasteiger partial charge is 0.492 e. The zero-order chi connectivity index (χ0) is 25.5. The molecule has 194 valence electrons. The van der Waals surface area contributed by atoms with E-state index in [9.17, 15) is 9.59 Å². The van der Waals surface area contributed by atoms with Crippen LogP contribution >= 0.6 is 0 Å². The second-order valence-corrected chi connectivity index (χ2v) is 10.0. The summed E-state index contributed by atoms with van der Waals surface area (Å²) in [6.07, 6.45) is 5.04. The summed E-state index contributed by atoms with van der Waals surface area (Å²) in [6.45, 7) is 3.85. The third-order valence-electron chi connectivity index (χ3n) is 7.28. The summed E-state index contributed by atoms with van der Waals surface area (Å²) in [5, 5.41) is 0. The summed E-state index contributed by atoms with van der Waals surface area (Å²) < 4.78 is 11.9. The van der Waals surface area contributed by atoms with Gasteiger partial charge in [-0.1, -0.05) is 24.6 Å². The number of rotatable bonds is 4. The normalized spacial score (nSPS) is 21.8.